The summed E-state index contributed by atoms with van der Waals surface area (Å²) in [5.74, 6) is -1.92. The summed E-state index contributed by atoms with van der Waals surface area (Å²) in [6.45, 7) is 3.52. The van der Waals surface area contributed by atoms with Crippen molar-refractivity contribution in [3.8, 4) is 5.75 Å². The van der Waals surface area contributed by atoms with Crippen LogP contribution in [-0.2, 0) is 18.7 Å². The predicted molar refractivity (Wildman–Crippen MR) is 99.9 cm³/mol. The van der Waals surface area contributed by atoms with Crippen molar-refractivity contribution >= 4 is 31.2 Å². The van der Waals surface area contributed by atoms with Gasteiger partial charge in [0, 0.05) is 11.9 Å². The summed E-state index contributed by atoms with van der Waals surface area (Å²) in [5.41, 5.74) is 6.43. The number of carbonyl (C=O) groups is 2. The van der Waals surface area contributed by atoms with Crippen LogP contribution in [0.3, 0.4) is 0 Å². The van der Waals surface area contributed by atoms with Crippen molar-refractivity contribution in [3.05, 3.63) is 29.8 Å². The van der Waals surface area contributed by atoms with Crippen LogP contribution < -0.4 is 11.1 Å². The number of nitrogens with one attached hydrogen (secondary N) is 1. The topological polar surface area (TPSA) is 142 Å². The number of fused-ring (bicyclic) bond motifs is 1. The van der Waals surface area contributed by atoms with Gasteiger partial charge in [-0.3, -0.25) is 14.2 Å². The van der Waals surface area contributed by atoms with Gasteiger partial charge in [-0.15, -0.1) is 11.8 Å². The van der Waals surface area contributed by atoms with Crippen molar-refractivity contribution < 1.29 is 28.7 Å². The second-order valence-electron chi connectivity index (χ2n) is 7.03. The van der Waals surface area contributed by atoms with Crippen molar-refractivity contribution in [1.82, 2.24) is 10.2 Å². The fraction of sp³-hybridized carbons (Fsp3) is 0.500. The molecule has 27 heavy (non-hydrogen) atoms. The zero-order valence-corrected chi connectivity index (χ0v) is 16.7. The van der Waals surface area contributed by atoms with Gasteiger partial charge >= 0.3 is 7.60 Å². The number of phenols is 1. The molecule has 2 aliphatic heterocycles. The summed E-state index contributed by atoms with van der Waals surface area (Å²) in [6, 6.07) is 4.05. The van der Waals surface area contributed by atoms with Crippen molar-refractivity contribution in [2.24, 2.45) is 5.73 Å². The second kappa shape index (κ2) is 6.79. The lowest BCUT2D eigenvalue weighted by Gasteiger charge is -2.45. The maximum Gasteiger partial charge on any atom is 0.351 e. The number of thioether (sulfide) groups is 1. The number of amides is 2. The molecular formula is C16H22N3O6PS. The number of aromatic hydroxyl groups is 1. The number of rotatable bonds is 5. The van der Waals surface area contributed by atoms with Crippen LogP contribution in [0, 0.1) is 0 Å². The first-order valence-corrected chi connectivity index (χ1v) is 10.8. The van der Waals surface area contributed by atoms with Gasteiger partial charge < -0.3 is 30.5 Å². The molecule has 1 aromatic rings. The molecule has 2 aliphatic rings. The number of β-lactam (4-membered cyclic amide) rings is 1. The van der Waals surface area contributed by atoms with Crippen LogP contribution in [0.25, 0.3) is 0 Å². The first-order valence-electron chi connectivity index (χ1n) is 8.22. The highest BCUT2D eigenvalue weighted by Gasteiger charge is 2.67. The lowest BCUT2D eigenvalue weighted by atomic mass is 10.0. The van der Waals surface area contributed by atoms with E-state index in [9.17, 15) is 24.2 Å². The Labute approximate surface area is 160 Å². The van der Waals surface area contributed by atoms with Gasteiger partial charge in [0.1, 0.15) is 29.0 Å². The number of hydrogen-bond acceptors (Lipinski definition) is 7. The quantitative estimate of drug-likeness (QED) is 0.407. The molecule has 2 saturated heterocycles. The van der Waals surface area contributed by atoms with Crippen molar-refractivity contribution in [3.63, 3.8) is 0 Å². The zero-order chi connectivity index (χ0) is 20.1. The van der Waals surface area contributed by atoms with Crippen molar-refractivity contribution in [1.29, 1.82) is 0 Å². The molecule has 11 heteroatoms. The minimum atomic E-state index is -4.03. The molecule has 0 spiro atoms. The first kappa shape index (κ1) is 20.2. The molecule has 2 amide bonds. The monoisotopic (exact) mass is 415 g/mol. The Hall–Kier alpha value is -1.58. The summed E-state index contributed by atoms with van der Waals surface area (Å²) in [7, 11) is -2.90. The molecule has 5 N–H and O–H groups in total. The van der Waals surface area contributed by atoms with Crippen LogP contribution in [0.4, 0.5) is 0 Å². The summed E-state index contributed by atoms with van der Waals surface area (Å²) < 4.78 is 16.4. The maximum absolute atomic E-state index is 12.6. The molecular weight excluding hydrogens is 393 g/mol. The summed E-state index contributed by atoms with van der Waals surface area (Å²) in [6.07, 6.45) is 0. The Balaban J connectivity index is 1.74. The molecule has 3 rings (SSSR count). The van der Waals surface area contributed by atoms with Gasteiger partial charge in [0.2, 0.25) is 11.8 Å². The van der Waals surface area contributed by atoms with Gasteiger partial charge in [-0.1, -0.05) is 12.1 Å². The van der Waals surface area contributed by atoms with Gasteiger partial charge in [-0.25, -0.2) is 0 Å². The number of carbonyl (C=O) groups excluding carboxylic acids is 2. The third-order valence-corrected chi connectivity index (χ3v) is 8.57. The predicted octanol–water partition coefficient (Wildman–Crippen LogP) is 0.728. The molecule has 148 valence electrons. The molecule has 0 saturated carbocycles. The lowest BCUT2D eigenvalue weighted by molar-refractivity contribution is -0.149. The van der Waals surface area contributed by atoms with E-state index in [1.165, 1.54) is 40.9 Å². The Morgan fingerprint density at radius 1 is 1.41 bits per heavy atom. The molecule has 2 heterocycles. The highest BCUT2D eigenvalue weighted by Crippen LogP contribution is 2.64. The van der Waals surface area contributed by atoms with Gasteiger partial charge in [0.25, 0.3) is 0 Å². The van der Waals surface area contributed by atoms with E-state index in [4.69, 9.17) is 10.3 Å². The number of nitrogens with zero attached hydrogens (tertiary/aromatic N) is 1. The molecule has 5 atom stereocenters. The van der Waals surface area contributed by atoms with Gasteiger partial charge in [0.05, 0.1) is 0 Å². The molecule has 0 bridgehead atoms. The maximum atomic E-state index is 12.6. The number of nitrogens with two attached hydrogens (primary N) is 1. The normalized spacial score (nSPS) is 29.4. The SMILES string of the molecule is COP(=O)(O)C1N2C(=O)C(NC(=O)C(N)c3ccc(O)cc3)[C@@H]2SC1(C)C. The van der Waals surface area contributed by atoms with E-state index in [0.717, 1.165) is 7.11 Å². The summed E-state index contributed by atoms with van der Waals surface area (Å²) in [5, 5.41) is 11.5. The van der Waals surface area contributed by atoms with E-state index in [-0.39, 0.29) is 5.75 Å². The van der Waals surface area contributed by atoms with E-state index >= 15 is 0 Å². The number of hydrogen-bond donors (Lipinski definition) is 4. The highest BCUT2D eigenvalue weighted by molar-refractivity contribution is 8.02. The van der Waals surface area contributed by atoms with Crippen LogP contribution in [0.5, 0.6) is 5.75 Å². The van der Waals surface area contributed by atoms with E-state index in [0.29, 0.717) is 5.56 Å². The van der Waals surface area contributed by atoms with E-state index in [2.05, 4.69) is 5.32 Å². The summed E-state index contributed by atoms with van der Waals surface area (Å²) >= 11 is 1.34. The second-order valence-corrected chi connectivity index (χ2v) is 10.8. The van der Waals surface area contributed by atoms with Gasteiger partial charge in [-0.2, -0.15) is 0 Å². The van der Waals surface area contributed by atoms with E-state index < -0.39 is 47.4 Å². The van der Waals surface area contributed by atoms with Crippen LogP contribution >= 0.6 is 19.4 Å². The number of phenolic OH excluding ortho intramolecular Hbond substituents is 1. The minimum Gasteiger partial charge on any atom is -0.508 e. The van der Waals surface area contributed by atoms with Crippen LogP contribution in [0.15, 0.2) is 24.3 Å². The van der Waals surface area contributed by atoms with Crippen LogP contribution in [0.2, 0.25) is 0 Å². The summed E-state index contributed by atoms with van der Waals surface area (Å²) in [4.78, 5) is 36.5. The van der Waals surface area contributed by atoms with E-state index in [1.54, 1.807) is 13.8 Å². The first-order chi connectivity index (χ1) is 12.5. The van der Waals surface area contributed by atoms with Crippen molar-refractivity contribution in [2.75, 3.05) is 7.11 Å². The molecule has 9 nitrogen and oxygen atoms in total. The Bertz CT molecular complexity index is 817. The third kappa shape index (κ3) is 3.36. The lowest BCUT2D eigenvalue weighted by Crippen LogP contribution is -2.69. The molecule has 0 radical (unpaired) electrons. The molecule has 1 aromatic carbocycles. The van der Waals surface area contributed by atoms with Crippen molar-refractivity contribution in [2.45, 2.75) is 41.8 Å². The average molecular weight is 415 g/mol. The molecule has 2 fully saturated rings. The van der Waals surface area contributed by atoms with Gasteiger partial charge in [0.15, 0.2) is 0 Å². The Kier molecular flexibility index (Phi) is 5.07. The molecule has 4 unspecified atom stereocenters. The smallest absolute Gasteiger partial charge is 0.351 e. The third-order valence-electron chi connectivity index (χ3n) is 4.79. The molecule has 0 aromatic heterocycles. The average Bonchev–Trinajstić information content (AvgIpc) is 2.88. The largest absolute Gasteiger partial charge is 0.508 e. The Morgan fingerprint density at radius 3 is 2.56 bits per heavy atom. The zero-order valence-electron chi connectivity index (χ0n) is 15.0. The molecule has 0 aliphatic carbocycles. The van der Waals surface area contributed by atoms with Gasteiger partial charge in [-0.05, 0) is 31.5 Å². The fourth-order valence-corrected chi connectivity index (χ4v) is 7.18. The highest BCUT2D eigenvalue weighted by atomic mass is 32.2. The minimum absolute atomic E-state index is 0.0541. The van der Waals surface area contributed by atoms with Crippen LogP contribution in [-0.4, -0.2) is 55.8 Å². The fourth-order valence-electron chi connectivity index (χ4n) is 3.44. The standard InChI is InChI=1S/C16H22N3O6PS/c1-16(2)15(26(23,24)25-3)19-13(22)11(14(19)27-16)18-12(21)10(17)8-4-6-9(20)7-5-8/h4-7,10-11,14-15,20H,17H2,1-3H3,(H,18,21)(H,23,24)/t10?,11?,14-,15?/m0/s1. The Morgan fingerprint density at radius 2 is 2.00 bits per heavy atom. The van der Waals surface area contributed by atoms with E-state index in [1.807, 2.05) is 0 Å². The number of benzene rings is 1. The van der Waals surface area contributed by atoms with Crippen LogP contribution in [0.1, 0.15) is 25.5 Å².